The van der Waals surface area contributed by atoms with E-state index in [1.807, 2.05) is 6.07 Å². The first-order chi connectivity index (χ1) is 6.93. The molecule has 0 N–H and O–H groups in total. The minimum Gasteiger partial charge on any atom is -0.300 e. The van der Waals surface area contributed by atoms with Gasteiger partial charge >= 0.3 is 6.18 Å². The van der Waals surface area contributed by atoms with Crippen molar-refractivity contribution in [2.75, 3.05) is 19.6 Å². The van der Waals surface area contributed by atoms with Crippen LogP contribution in [0.4, 0.5) is 13.2 Å². The topological polar surface area (TPSA) is 27.0 Å². The molecule has 0 aromatic carbocycles. The molecule has 1 rings (SSSR count). The molecule has 1 fully saturated rings. The summed E-state index contributed by atoms with van der Waals surface area (Å²) in [6.07, 6.45) is -3.44. The maximum absolute atomic E-state index is 12.4. The molecule has 1 aliphatic heterocycles. The zero-order valence-corrected chi connectivity index (χ0v) is 8.85. The molecule has 1 aliphatic rings. The molecule has 0 saturated carbocycles. The van der Waals surface area contributed by atoms with Gasteiger partial charge in [0.2, 0.25) is 0 Å². The monoisotopic (exact) mass is 240 g/mol. The van der Waals surface area contributed by atoms with E-state index < -0.39 is 17.5 Å². The highest BCUT2D eigenvalue weighted by Crippen LogP contribution is 2.33. The molecule has 0 aliphatic carbocycles. The van der Waals surface area contributed by atoms with Gasteiger partial charge in [-0.15, -0.1) is 11.6 Å². The van der Waals surface area contributed by atoms with Gasteiger partial charge in [0.25, 0.3) is 0 Å². The van der Waals surface area contributed by atoms with Crippen LogP contribution in [0.3, 0.4) is 0 Å². The van der Waals surface area contributed by atoms with Crippen molar-refractivity contribution in [1.29, 1.82) is 5.26 Å². The molecule has 0 radical (unpaired) electrons. The van der Waals surface area contributed by atoms with Crippen LogP contribution in [-0.4, -0.2) is 36.1 Å². The lowest BCUT2D eigenvalue weighted by Gasteiger charge is -2.33. The van der Waals surface area contributed by atoms with Gasteiger partial charge < -0.3 is 4.90 Å². The highest BCUT2D eigenvalue weighted by Gasteiger charge is 2.41. The van der Waals surface area contributed by atoms with E-state index in [0.29, 0.717) is 13.0 Å². The molecule has 1 heterocycles. The Balaban J connectivity index is 2.47. The second-order valence-electron chi connectivity index (χ2n) is 3.74. The van der Waals surface area contributed by atoms with Crippen molar-refractivity contribution in [3.63, 3.8) is 0 Å². The number of nitriles is 1. The SMILES string of the molecule is N#CC(Cl)CN1CCCC(C(F)(F)F)C1. The van der Waals surface area contributed by atoms with E-state index in [1.165, 1.54) is 0 Å². The van der Waals surface area contributed by atoms with E-state index >= 15 is 0 Å². The lowest BCUT2D eigenvalue weighted by molar-refractivity contribution is -0.186. The maximum Gasteiger partial charge on any atom is 0.393 e. The third kappa shape index (κ3) is 3.88. The number of piperidine rings is 1. The smallest absolute Gasteiger partial charge is 0.300 e. The Morgan fingerprint density at radius 2 is 2.20 bits per heavy atom. The van der Waals surface area contributed by atoms with E-state index in [0.717, 1.165) is 0 Å². The highest BCUT2D eigenvalue weighted by atomic mass is 35.5. The van der Waals surface area contributed by atoms with E-state index in [2.05, 4.69) is 0 Å². The van der Waals surface area contributed by atoms with Gasteiger partial charge in [0.1, 0.15) is 5.38 Å². The zero-order valence-electron chi connectivity index (χ0n) is 8.10. The number of alkyl halides is 4. The van der Waals surface area contributed by atoms with Gasteiger partial charge in [0.15, 0.2) is 0 Å². The number of hydrogen-bond acceptors (Lipinski definition) is 2. The van der Waals surface area contributed by atoms with Crippen LogP contribution >= 0.6 is 11.6 Å². The fourth-order valence-electron chi connectivity index (χ4n) is 1.76. The Bertz CT molecular complexity index is 249. The number of halogens is 4. The van der Waals surface area contributed by atoms with Crippen LogP contribution in [0, 0.1) is 17.2 Å². The normalized spacial score (nSPS) is 25.9. The summed E-state index contributed by atoms with van der Waals surface area (Å²) in [5.41, 5.74) is 0. The molecule has 0 spiro atoms. The number of nitrogens with zero attached hydrogens (tertiary/aromatic N) is 2. The lowest BCUT2D eigenvalue weighted by Crippen LogP contribution is -2.43. The first-order valence-corrected chi connectivity index (χ1v) is 5.20. The molecule has 15 heavy (non-hydrogen) atoms. The highest BCUT2D eigenvalue weighted by molar-refractivity contribution is 6.22. The average Bonchev–Trinajstić information content (AvgIpc) is 2.17. The van der Waals surface area contributed by atoms with Gasteiger partial charge in [-0.1, -0.05) is 0 Å². The third-order valence-electron chi connectivity index (χ3n) is 2.53. The Morgan fingerprint density at radius 1 is 1.53 bits per heavy atom. The van der Waals surface area contributed by atoms with Crippen molar-refractivity contribution in [3.8, 4) is 6.07 Å². The summed E-state index contributed by atoms with van der Waals surface area (Å²) in [6, 6.07) is 1.81. The Morgan fingerprint density at radius 3 is 2.73 bits per heavy atom. The van der Waals surface area contributed by atoms with Crippen LogP contribution in [0.5, 0.6) is 0 Å². The summed E-state index contributed by atoms with van der Waals surface area (Å²) in [5.74, 6) is -1.27. The second kappa shape index (κ2) is 5.04. The summed E-state index contributed by atoms with van der Waals surface area (Å²) < 4.78 is 37.2. The Labute approximate surface area is 91.6 Å². The molecule has 0 aromatic rings. The number of likely N-dealkylation sites (tertiary alicyclic amines) is 1. The average molecular weight is 241 g/mol. The van der Waals surface area contributed by atoms with Gasteiger partial charge in [0.05, 0.1) is 12.0 Å². The molecule has 2 atom stereocenters. The first-order valence-electron chi connectivity index (χ1n) is 4.76. The van der Waals surface area contributed by atoms with Gasteiger partial charge in [-0.25, -0.2) is 0 Å². The predicted molar refractivity (Wildman–Crippen MR) is 50.5 cm³/mol. The van der Waals surface area contributed by atoms with Gasteiger partial charge in [-0.3, -0.25) is 0 Å². The van der Waals surface area contributed by atoms with Gasteiger partial charge in [-0.2, -0.15) is 18.4 Å². The van der Waals surface area contributed by atoms with Crippen LogP contribution in [0.15, 0.2) is 0 Å². The van der Waals surface area contributed by atoms with E-state index in [1.54, 1.807) is 4.90 Å². The summed E-state index contributed by atoms with van der Waals surface area (Å²) in [7, 11) is 0. The Hall–Kier alpha value is -0.470. The molecule has 0 amide bonds. The maximum atomic E-state index is 12.4. The summed E-state index contributed by atoms with van der Waals surface area (Å²) >= 11 is 5.58. The van der Waals surface area contributed by atoms with Crippen molar-refractivity contribution in [1.82, 2.24) is 4.90 Å². The van der Waals surface area contributed by atoms with Crippen molar-refractivity contribution >= 4 is 11.6 Å². The molecule has 2 unspecified atom stereocenters. The molecule has 0 aromatic heterocycles. The van der Waals surface area contributed by atoms with E-state index in [-0.39, 0.29) is 19.5 Å². The van der Waals surface area contributed by atoms with Crippen LogP contribution in [0.2, 0.25) is 0 Å². The van der Waals surface area contributed by atoms with Gasteiger partial charge in [0, 0.05) is 13.1 Å². The number of rotatable bonds is 2. The van der Waals surface area contributed by atoms with E-state index in [9.17, 15) is 13.2 Å². The fraction of sp³-hybridized carbons (Fsp3) is 0.889. The van der Waals surface area contributed by atoms with Crippen LogP contribution in [-0.2, 0) is 0 Å². The predicted octanol–water partition coefficient (Wildman–Crippen LogP) is 2.39. The molecule has 2 nitrogen and oxygen atoms in total. The third-order valence-corrected chi connectivity index (χ3v) is 2.76. The van der Waals surface area contributed by atoms with Crippen molar-refractivity contribution in [2.45, 2.75) is 24.4 Å². The lowest BCUT2D eigenvalue weighted by atomic mass is 9.97. The molecule has 86 valence electrons. The van der Waals surface area contributed by atoms with Crippen molar-refractivity contribution in [3.05, 3.63) is 0 Å². The quantitative estimate of drug-likeness (QED) is 0.693. The van der Waals surface area contributed by atoms with Crippen molar-refractivity contribution < 1.29 is 13.2 Å². The summed E-state index contributed by atoms with van der Waals surface area (Å²) in [4.78, 5) is 1.61. The van der Waals surface area contributed by atoms with Crippen molar-refractivity contribution in [2.24, 2.45) is 5.92 Å². The zero-order chi connectivity index (χ0) is 11.5. The minimum atomic E-state index is -4.13. The molecular formula is C9H12ClF3N2. The van der Waals surface area contributed by atoms with Gasteiger partial charge in [-0.05, 0) is 19.4 Å². The summed E-state index contributed by atoms with van der Waals surface area (Å²) in [6.45, 7) is 0.774. The molecule has 0 bridgehead atoms. The van der Waals surface area contributed by atoms with Crippen LogP contribution < -0.4 is 0 Å². The summed E-state index contributed by atoms with van der Waals surface area (Å²) in [5, 5.41) is 7.74. The molecular weight excluding hydrogens is 229 g/mol. The van der Waals surface area contributed by atoms with Crippen LogP contribution in [0.25, 0.3) is 0 Å². The largest absolute Gasteiger partial charge is 0.393 e. The fourth-order valence-corrected chi connectivity index (χ4v) is 1.95. The van der Waals surface area contributed by atoms with Crippen LogP contribution in [0.1, 0.15) is 12.8 Å². The van der Waals surface area contributed by atoms with E-state index in [4.69, 9.17) is 16.9 Å². The minimum absolute atomic E-state index is 0.0333. The number of hydrogen-bond donors (Lipinski definition) is 0. The standard InChI is InChI=1S/C9H12ClF3N2/c10-8(4-14)6-15-3-1-2-7(5-15)9(11,12)13/h7-8H,1-3,5-6H2. The molecule has 6 heteroatoms. The first kappa shape index (κ1) is 12.6. The molecule has 1 saturated heterocycles. The Kier molecular flexibility index (Phi) is 4.23. The second-order valence-corrected chi connectivity index (χ2v) is 4.26.